The van der Waals surface area contributed by atoms with Crippen LogP contribution in [0.25, 0.3) is 0 Å². The number of hydrogen-bond acceptors (Lipinski definition) is 3. The minimum atomic E-state index is 0.194. The smallest absolute Gasteiger partial charge is 0.0896 e. The van der Waals surface area contributed by atoms with Gasteiger partial charge in [0.15, 0.2) is 0 Å². The van der Waals surface area contributed by atoms with Crippen LogP contribution in [0.2, 0.25) is 0 Å². The number of ether oxygens (including phenoxy) is 1. The van der Waals surface area contributed by atoms with Crippen molar-refractivity contribution in [3.8, 4) is 0 Å². The number of hydrogen-bond donors (Lipinski definition) is 1. The summed E-state index contributed by atoms with van der Waals surface area (Å²) in [7, 11) is 0. The lowest BCUT2D eigenvalue weighted by atomic mass is 9.96. The van der Waals surface area contributed by atoms with E-state index in [1.54, 1.807) is 0 Å². The molecule has 1 N–H and O–H groups in total. The zero-order chi connectivity index (χ0) is 16.8. The molecule has 4 heteroatoms. The van der Waals surface area contributed by atoms with Gasteiger partial charge >= 0.3 is 0 Å². The maximum absolute atomic E-state index is 5.98. The Morgan fingerprint density at radius 3 is 2.92 bits per heavy atom. The van der Waals surface area contributed by atoms with E-state index in [0.29, 0.717) is 12.0 Å². The molecule has 0 amide bonds. The fourth-order valence-corrected chi connectivity index (χ4v) is 3.39. The molecule has 0 bridgehead atoms. The molecule has 130 valence electrons. The normalized spacial score (nSPS) is 21.9. The number of benzene rings is 1. The third kappa shape index (κ3) is 4.46. The van der Waals surface area contributed by atoms with Crippen molar-refractivity contribution < 1.29 is 4.74 Å². The topological polar surface area (TPSA) is 39.1 Å². The standard InChI is InChI=1S/C20H29N3O/c1-3-23-15-19(14-22-23)20-18(11-12-24-20)13-21-16(2)9-10-17-7-5-4-6-8-17/h4-8,14-16,18,20-21H,3,9-13H2,1-2H3. The zero-order valence-electron chi connectivity index (χ0n) is 14.8. The third-order valence-electron chi connectivity index (χ3n) is 4.96. The number of nitrogens with one attached hydrogen (secondary N) is 1. The monoisotopic (exact) mass is 327 g/mol. The molecule has 1 aliphatic rings. The number of aryl methyl sites for hydroxylation is 2. The summed E-state index contributed by atoms with van der Waals surface area (Å²) >= 11 is 0. The van der Waals surface area contributed by atoms with Gasteiger partial charge in [0, 0.05) is 43.4 Å². The van der Waals surface area contributed by atoms with E-state index in [1.807, 2.05) is 10.9 Å². The molecule has 3 rings (SSSR count). The summed E-state index contributed by atoms with van der Waals surface area (Å²) in [5.74, 6) is 0.540. The van der Waals surface area contributed by atoms with E-state index in [0.717, 1.165) is 39.0 Å². The molecule has 0 radical (unpaired) electrons. The van der Waals surface area contributed by atoms with Crippen molar-refractivity contribution in [1.29, 1.82) is 0 Å². The van der Waals surface area contributed by atoms with E-state index in [2.05, 4.69) is 60.8 Å². The van der Waals surface area contributed by atoms with Gasteiger partial charge in [-0.25, -0.2) is 0 Å². The Morgan fingerprint density at radius 1 is 1.33 bits per heavy atom. The van der Waals surface area contributed by atoms with Gasteiger partial charge in [-0.1, -0.05) is 30.3 Å². The van der Waals surface area contributed by atoms with Crippen molar-refractivity contribution in [1.82, 2.24) is 15.1 Å². The Labute approximate surface area is 145 Å². The van der Waals surface area contributed by atoms with Gasteiger partial charge < -0.3 is 10.1 Å². The summed E-state index contributed by atoms with van der Waals surface area (Å²) in [4.78, 5) is 0. The van der Waals surface area contributed by atoms with Crippen LogP contribution >= 0.6 is 0 Å². The molecule has 3 unspecified atom stereocenters. The van der Waals surface area contributed by atoms with Crippen LogP contribution in [0.15, 0.2) is 42.7 Å². The molecule has 0 spiro atoms. The van der Waals surface area contributed by atoms with Crippen LogP contribution in [-0.2, 0) is 17.7 Å². The molecule has 1 aromatic heterocycles. The predicted molar refractivity (Wildman–Crippen MR) is 96.9 cm³/mol. The molecular formula is C20H29N3O. The first-order valence-electron chi connectivity index (χ1n) is 9.17. The molecule has 4 nitrogen and oxygen atoms in total. The molecule has 1 aromatic carbocycles. The van der Waals surface area contributed by atoms with Gasteiger partial charge in [-0.05, 0) is 38.7 Å². The molecule has 1 saturated heterocycles. The average molecular weight is 327 g/mol. The Balaban J connectivity index is 1.46. The van der Waals surface area contributed by atoms with E-state index >= 15 is 0 Å². The summed E-state index contributed by atoms with van der Waals surface area (Å²) in [6.45, 7) is 7.17. The van der Waals surface area contributed by atoms with Crippen LogP contribution in [-0.4, -0.2) is 29.0 Å². The molecule has 24 heavy (non-hydrogen) atoms. The second-order valence-electron chi connectivity index (χ2n) is 6.80. The van der Waals surface area contributed by atoms with Crippen LogP contribution in [0.5, 0.6) is 0 Å². The molecule has 1 aliphatic heterocycles. The lowest BCUT2D eigenvalue weighted by molar-refractivity contribution is 0.0898. The fourth-order valence-electron chi connectivity index (χ4n) is 3.39. The quantitative estimate of drug-likeness (QED) is 0.805. The van der Waals surface area contributed by atoms with Gasteiger partial charge in [-0.3, -0.25) is 4.68 Å². The minimum Gasteiger partial charge on any atom is -0.373 e. The maximum atomic E-state index is 5.98. The summed E-state index contributed by atoms with van der Waals surface area (Å²) in [5, 5.41) is 8.10. The Hall–Kier alpha value is -1.65. The van der Waals surface area contributed by atoms with Gasteiger partial charge in [-0.2, -0.15) is 5.10 Å². The molecule has 1 fully saturated rings. The molecule has 0 aliphatic carbocycles. The average Bonchev–Trinajstić information content (AvgIpc) is 3.27. The summed E-state index contributed by atoms with van der Waals surface area (Å²) in [5.41, 5.74) is 2.64. The Morgan fingerprint density at radius 2 is 2.17 bits per heavy atom. The SMILES string of the molecule is CCn1cc(C2OCCC2CNC(C)CCc2ccccc2)cn1. The van der Waals surface area contributed by atoms with Crippen molar-refractivity contribution >= 4 is 0 Å². The van der Waals surface area contributed by atoms with E-state index in [1.165, 1.54) is 11.1 Å². The first-order chi connectivity index (χ1) is 11.8. The fraction of sp³-hybridized carbons (Fsp3) is 0.550. The van der Waals surface area contributed by atoms with E-state index in [9.17, 15) is 0 Å². The van der Waals surface area contributed by atoms with Gasteiger partial charge in [0.1, 0.15) is 0 Å². The largest absolute Gasteiger partial charge is 0.373 e. The van der Waals surface area contributed by atoms with Gasteiger partial charge in [0.25, 0.3) is 0 Å². The van der Waals surface area contributed by atoms with Crippen molar-refractivity contribution in [3.05, 3.63) is 53.9 Å². The second-order valence-corrected chi connectivity index (χ2v) is 6.80. The number of nitrogens with zero attached hydrogens (tertiary/aromatic N) is 2. The van der Waals surface area contributed by atoms with Gasteiger partial charge in [0.05, 0.1) is 12.3 Å². The van der Waals surface area contributed by atoms with Crippen molar-refractivity contribution in [2.75, 3.05) is 13.2 Å². The van der Waals surface area contributed by atoms with Crippen molar-refractivity contribution in [2.45, 2.75) is 51.8 Å². The molecule has 3 atom stereocenters. The number of aromatic nitrogens is 2. The van der Waals surface area contributed by atoms with Gasteiger partial charge in [0.2, 0.25) is 0 Å². The molecule has 0 saturated carbocycles. The first-order valence-corrected chi connectivity index (χ1v) is 9.17. The molecule has 2 heterocycles. The lowest BCUT2D eigenvalue weighted by Crippen LogP contribution is -2.32. The second kappa shape index (κ2) is 8.45. The summed E-state index contributed by atoms with van der Waals surface area (Å²) < 4.78 is 7.95. The summed E-state index contributed by atoms with van der Waals surface area (Å²) in [6.07, 6.45) is 7.70. The maximum Gasteiger partial charge on any atom is 0.0896 e. The van der Waals surface area contributed by atoms with Crippen molar-refractivity contribution in [2.24, 2.45) is 5.92 Å². The van der Waals surface area contributed by atoms with Crippen LogP contribution in [0.4, 0.5) is 0 Å². The van der Waals surface area contributed by atoms with E-state index in [-0.39, 0.29) is 6.10 Å². The molecular weight excluding hydrogens is 298 g/mol. The zero-order valence-corrected chi connectivity index (χ0v) is 14.8. The highest BCUT2D eigenvalue weighted by atomic mass is 16.5. The lowest BCUT2D eigenvalue weighted by Gasteiger charge is -2.21. The highest BCUT2D eigenvalue weighted by Crippen LogP contribution is 2.33. The Bertz CT molecular complexity index is 610. The number of rotatable bonds is 8. The van der Waals surface area contributed by atoms with Crippen LogP contribution in [0.1, 0.15) is 43.9 Å². The van der Waals surface area contributed by atoms with Crippen LogP contribution in [0, 0.1) is 5.92 Å². The Kier molecular flexibility index (Phi) is 6.05. The van der Waals surface area contributed by atoms with Gasteiger partial charge in [-0.15, -0.1) is 0 Å². The minimum absolute atomic E-state index is 0.194. The van der Waals surface area contributed by atoms with Crippen LogP contribution < -0.4 is 5.32 Å². The first kappa shape index (κ1) is 17.2. The van der Waals surface area contributed by atoms with E-state index in [4.69, 9.17) is 4.74 Å². The third-order valence-corrected chi connectivity index (χ3v) is 4.96. The van der Waals surface area contributed by atoms with Crippen molar-refractivity contribution in [3.63, 3.8) is 0 Å². The predicted octanol–water partition coefficient (Wildman–Crippen LogP) is 3.59. The summed E-state index contributed by atoms with van der Waals surface area (Å²) in [6, 6.07) is 11.2. The highest BCUT2D eigenvalue weighted by Gasteiger charge is 2.30. The van der Waals surface area contributed by atoms with E-state index < -0.39 is 0 Å². The molecule has 2 aromatic rings. The highest BCUT2D eigenvalue weighted by molar-refractivity contribution is 5.15. The van der Waals surface area contributed by atoms with Crippen LogP contribution in [0.3, 0.4) is 0 Å².